The second-order valence-corrected chi connectivity index (χ2v) is 5.76. The fraction of sp³-hybridized carbons (Fsp3) is 0.647. The Labute approximate surface area is 122 Å². The molecule has 0 saturated heterocycles. The number of hydrogen-bond acceptors (Lipinski definition) is 3. The Morgan fingerprint density at radius 3 is 2.45 bits per heavy atom. The van der Waals surface area contributed by atoms with Gasteiger partial charge in [-0.05, 0) is 50.3 Å². The van der Waals surface area contributed by atoms with Gasteiger partial charge in [0, 0.05) is 19.7 Å². The third kappa shape index (κ3) is 3.74. The van der Waals surface area contributed by atoms with Crippen LogP contribution in [-0.2, 0) is 4.74 Å². The molecule has 1 fully saturated rings. The Morgan fingerprint density at radius 1 is 1.25 bits per heavy atom. The predicted octanol–water partition coefficient (Wildman–Crippen LogP) is 3.70. The molecule has 1 aliphatic carbocycles. The summed E-state index contributed by atoms with van der Waals surface area (Å²) in [5.74, 6) is 0.954. The van der Waals surface area contributed by atoms with Crippen LogP contribution in [0.2, 0.25) is 0 Å². The fourth-order valence-corrected chi connectivity index (χ4v) is 2.55. The van der Waals surface area contributed by atoms with Crippen LogP contribution in [0.3, 0.4) is 0 Å². The summed E-state index contributed by atoms with van der Waals surface area (Å²) >= 11 is 0. The largest absolute Gasteiger partial charge is 0.494 e. The van der Waals surface area contributed by atoms with Gasteiger partial charge in [-0.1, -0.05) is 19.1 Å². The molecule has 0 amide bonds. The van der Waals surface area contributed by atoms with Crippen LogP contribution in [0, 0.1) is 0 Å². The van der Waals surface area contributed by atoms with Crippen molar-refractivity contribution in [2.75, 3.05) is 20.3 Å². The standard InChI is InChI=1S/C17H27NO2/c1-4-12-20-16-8-6-15(7-9-16)14(2)18-13-17(19-3)10-5-11-17/h6-9,14,18H,4-5,10-13H2,1-3H3. The van der Waals surface area contributed by atoms with Gasteiger partial charge in [0.2, 0.25) is 0 Å². The molecule has 1 unspecified atom stereocenters. The molecular formula is C17H27NO2. The van der Waals surface area contributed by atoms with E-state index in [1.807, 2.05) is 7.11 Å². The van der Waals surface area contributed by atoms with E-state index < -0.39 is 0 Å². The van der Waals surface area contributed by atoms with E-state index in [0.29, 0.717) is 6.04 Å². The van der Waals surface area contributed by atoms with Crippen molar-refractivity contribution >= 4 is 0 Å². The van der Waals surface area contributed by atoms with Gasteiger partial charge in [-0.25, -0.2) is 0 Å². The maximum absolute atomic E-state index is 5.64. The third-order valence-electron chi connectivity index (χ3n) is 4.28. The zero-order valence-corrected chi connectivity index (χ0v) is 12.9. The molecule has 1 atom stereocenters. The first-order valence-corrected chi connectivity index (χ1v) is 7.70. The summed E-state index contributed by atoms with van der Waals surface area (Å²) in [6.07, 6.45) is 4.67. The average Bonchev–Trinajstić information content (AvgIpc) is 2.45. The second-order valence-electron chi connectivity index (χ2n) is 5.76. The van der Waals surface area contributed by atoms with Gasteiger partial charge >= 0.3 is 0 Å². The van der Waals surface area contributed by atoms with E-state index in [0.717, 1.165) is 25.3 Å². The third-order valence-corrected chi connectivity index (χ3v) is 4.28. The molecule has 0 spiro atoms. The van der Waals surface area contributed by atoms with Crippen molar-refractivity contribution in [2.24, 2.45) is 0 Å². The van der Waals surface area contributed by atoms with Crippen molar-refractivity contribution < 1.29 is 9.47 Å². The number of benzene rings is 1. The van der Waals surface area contributed by atoms with E-state index in [1.54, 1.807) is 0 Å². The summed E-state index contributed by atoms with van der Waals surface area (Å²) < 4.78 is 11.2. The summed E-state index contributed by atoms with van der Waals surface area (Å²) in [5, 5.41) is 3.59. The summed E-state index contributed by atoms with van der Waals surface area (Å²) in [6, 6.07) is 8.73. The maximum atomic E-state index is 5.64. The molecule has 1 aromatic rings. The van der Waals surface area contributed by atoms with Gasteiger partial charge in [-0.3, -0.25) is 0 Å². The summed E-state index contributed by atoms with van der Waals surface area (Å²) in [4.78, 5) is 0. The van der Waals surface area contributed by atoms with Crippen LogP contribution < -0.4 is 10.1 Å². The molecule has 1 aromatic carbocycles. The molecular weight excluding hydrogens is 250 g/mol. The lowest BCUT2D eigenvalue weighted by Gasteiger charge is -2.41. The Hall–Kier alpha value is -1.06. The van der Waals surface area contributed by atoms with Crippen LogP contribution in [0.15, 0.2) is 24.3 Å². The minimum absolute atomic E-state index is 0.0818. The Bertz CT molecular complexity index is 392. The Morgan fingerprint density at radius 2 is 1.95 bits per heavy atom. The molecule has 112 valence electrons. The van der Waals surface area contributed by atoms with E-state index in [9.17, 15) is 0 Å². The van der Waals surface area contributed by atoms with Gasteiger partial charge < -0.3 is 14.8 Å². The minimum atomic E-state index is 0.0818. The smallest absolute Gasteiger partial charge is 0.119 e. The highest BCUT2D eigenvalue weighted by molar-refractivity contribution is 5.29. The predicted molar refractivity (Wildman–Crippen MR) is 82.2 cm³/mol. The normalized spacial score (nSPS) is 18.4. The molecule has 3 heteroatoms. The topological polar surface area (TPSA) is 30.5 Å². The van der Waals surface area contributed by atoms with Gasteiger partial charge in [-0.15, -0.1) is 0 Å². The molecule has 3 nitrogen and oxygen atoms in total. The molecule has 1 saturated carbocycles. The SMILES string of the molecule is CCCOc1ccc(C(C)NCC2(OC)CCC2)cc1. The van der Waals surface area contributed by atoms with E-state index in [4.69, 9.17) is 9.47 Å². The van der Waals surface area contributed by atoms with E-state index in [-0.39, 0.29) is 5.60 Å². The zero-order chi connectivity index (χ0) is 14.4. The highest BCUT2D eigenvalue weighted by Gasteiger charge is 2.36. The number of rotatable bonds is 8. The highest BCUT2D eigenvalue weighted by Crippen LogP contribution is 2.34. The fourth-order valence-electron chi connectivity index (χ4n) is 2.55. The van der Waals surface area contributed by atoms with E-state index in [1.165, 1.54) is 24.8 Å². The lowest BCUT2D eigenvalue weighted by atomic mass is 9.80. The second kappa shape index (κ2) is 7.09. The molecule has 2 rings (SSSR count). The van der Waals surface area contributed by atoms with Gasteiger partial charge in [-0.2, -0.15) is 0 Å². The van der Waals surface area contributed by atoms with Crippen molar-refractivity contribution in [3.63, 3.8) is 0 Å². The number of hydrogen-bond donors (Lipinski definition) is 1. The van der Waals surface area contributed by atoms with Crippen molar-refractivity contribution in [2.45, 2.75) is 51.2 Å². The van der Waals surface area contributed by atoms with Crippen molar-refractivity contribution in [1.29, 1.82) is 0 Å². The average molecular weight is 277 g/mol. The Kier molecular flexibility index (Phi) is 5.44. The highest BCUT2D eigenvalue weighted by atomic mass is 16.5. The van der Waals surface area contributed by atoms with Gasteiger partial charge in [0.25, 0.3) is 0 Å². The van der Waals surface area contributed by atoms with Crippen LogP contribution in [0.25, 0.3) is 0 Å². The number of ether oxygens (including phenoxy) is 2. The van der Waals surface area contributed by atoms with Crippen molar-refractivity contribution in [3.8, 4) is 5.75 Å². The van der Waals surface area contributed by atoms with Crippen LogP contribution in [-0.4, -0.2) is 25.9 Å². The van der Waals surface area contributed by atoms with Crippen LogP contribution >= 0.6 is 0 Å². The van der Waals surface area contributed by atoms with E-state index in [2.05, 4.69) is 43.4 Å². The number of nitrogens with one attached hydrogen (secondary N) is 1. The molecule has 1 aliphatic rings. The minimum Gasteiger partial charge on any atom is -0.494 e. The first-order chi connectivity index (χ1) is 9.69. The van der Waals surface area contributed by atoms with E-state index >= 15 is 0 Å². The lowest BCUT2D eigenvalue weighted by Crippen LogP contribution is -2.48. The molecule has 0 aliphatic heterocycles. The Balaban J connectivity index is 1.84. The van der Waals surface area contributed by atoms with Crippen molar-refractivity contribution in [3.05, 3.63) is 29.8 Å². The van der Waals surface area contributed by atoms with Crippen LogP contribution in [0.1, 0.15) is 51.1 Å². The molecule has 0 radical (unpaired) electrons. The van der Waals surface area contributed by atoms with Crippen LogP contribution in [0.5, 0.6) is 5.75 Å². The molecule has 0 bridgehead atoms. The summed E-state index contributed by atoms with van der Waals surface area (Å²) in [5.41, 5.74) is 1.37. The first-order valence-electron chi connectivity index (χ1n) is 7.70. The van der Waals surface area contributed by atoms with Gasteiger partial charge in [0.05, 0.1) is 12.2 Å². The monoisotopic (exact) mass is 277 g/mol. The first kappa shape index (κ1) is 15.3. The summed E-state index contributed by atoms with van der Waals surface area (Å²) in [7, 11) is 1.82. The maximum Gasteiger partial charge on any atom is 0.119 e. The quantitative estimate of drug-likeness (QED) is 0.786. The zero-order valence-electron chi connectivity index (χ0n) is 12.9. The molecule has 1 N–H and O–H groups in total. The van der Waals surface area contributed by atoms with Gasteiger partial charge in [0.15, 0.2) is 0 Å². The summed E-state index contributed by atoms with van der Waals surface area (Å²) in [6.45, 7) is 6.03. The molecule has 0 heterocycles. The van der Waals surface area contributed by atoms with Gasteiger partial charge in [0.1, 0.15) is 5.75 Å². The molecule has 0 aromatic heterocycles. The molecule has 20 heavy (non-hydrogen) atoms. The van der Waals surface area contributed by atoms with Crippen molar-refractivity contribution in [1.82, 2.24) is 5.32 Å². The van der Waals surface area contributed by atoms with Crippen LogP contribution in [0.4, 0.5) is 0 Å². The lowest BCUT2D eigenvalue weighted by molar-refractivity contribution is -0.0706. The number of methoxy groups -OCH3 is 1.